The van der Waals surface area contributed by atoms with Crippen molar-refractivity contribution < 1.29 is 30.5 Å². The summed E-state index contributed by atoms with van der Waals surface area (Å²) >= 11 is 0. The Kier molecular flexibility index (Phi) is 5.18. The summed E-state index contributed by atoms with van der Waals surface area (Å²) in [4.78, 5) is 3.01. The van der Waals surface area contributed by atoms with Crippen LogP contribution < -0.4 is 4.72 Å². The standard InChI is InChI=1S/C17H11F4N3O3S/c18-13-6-1-2-7-14(13)24-28(25,26)12-5-3-4-11(10-12)8-9-15-22-16(27-23-15)17(19,20)21/h1-10,24H. The van der Waals surface area contributed by atoms with Crippen molar-refractivity contribution in [1.29, 1.82) is 0 Å². The number of sulfonamides is 1. The molecule has 3 aromatic rings. The lowest BCUT2D eigenvalue weighted by atomic mass is 10.2. The third-order valence-corrected chi connectivity index (χ3v) is 4.76. The smallest absolute Gasteiger partial charge is 0.329 e. The van der Waals surface area contributed by atoms with Crippen LogP contribution in [0.4, 0.5) is 23.2 Å². The van der Waals surface area contributed by atoms with Gasteiger partial charge in [0, 0.05) is 0 Å². The lowest BCUT2D eigenvalue weighted by Crippen LogP contribution is -2.14. The van der Waals surface area contributed by atoms with E-state index in [-0.39, 0.29) is 16.4 Å². The molecule has 28 heavy (non-hydrogen) atoms. The normalized spacial score (nSPS) is 12.4. The van der Waals surface area contributed by atoms with Gasteiger partial charge >= 0.3 is 12.1 Å². The largest absolute Gasteiger partial charge is 0.471 e. The van der Waals surface area contributed by atoms with Crippen LogP contribution in [0.15, 0.2) is 57.9 Å². The number of nitrogens with zero attached hydrogens (tertiary/aromatic N) is 2. The van der Waals surface area contributed by atoms with Crippen LogP contribution in [0.2, 0.25) is 0 Å². The molecule has 0 aliphatic carbocycles. The molecule has 0 saturated heterocycles. The molecule has 0 unspecified atom stereocenters. The van der Waals surface area contributed by atoms with Crippen LogP contribution in [-0.2, 0) is 16.2 Å². The second-order valence-electron chi connectivity index (χ2n) is 5.45. The predicted molar refractivity (Wildman–Crippen MR) is 91.9 cm³/mol. The van der Waals surface area contributed by atoms with E-state index in [1.54, 1.807) is 0 Å². The fraction of sp³-hybridized carbons (Fsp3) is 0.0588. The number of halogens is 4. The first-order valence-corrected chi connectivity index (χ1v) is 9.10. The van der Waals surface area contributed by atoms with Crippen molar-refractivity contribution in [2.24, 2.45) is 0 Å². The topological polar surface area (TPSA) is 85.1 Å². The second-order valence-corrected chi connectivity index (χ2v) is 7.13. The third-order valence-electron chi connectivity index (χ3n) is 3.40. The average Bonchev–Trinajstić information content (AvgIpc) is 3.12. The van der Waals surface area contributed by atoms with E-state index in [0.717, 1.165) is 12.1 Å². The summed E-state index contributed by atoms with van der Waals surface area (Å²) in [5.41, 5.74) is 0.129. The highest BCUT2D eigenvalue weighted by Crippen LogP contribution is 2.27. The van der Waals surface area contributed by atoms with E-state index in [1.165, 1.54) is 48.5 Å². The zero-order chi connectivity index (χ0) is 20.4. The van der Waals surface area contributed by atoms with Crippen LogP contribution in [0.1, 0.15) is 17.3 Å². The van der Waals surface area contributed by atoms with Crippen molar-refractivity contribution in [3.8, 4) is 0 Å². The van der Waals surface area contributed by atoms with Gasteiger partial charge in [-0.3, -0.25) is 4.72 Å². The fourth-order valence-corrected chi connectivity index (χ4v) is 3.24. The third kappa shape index (κ3) is 4.55. The summed E-state index contributed by atoms with van der Waals surface area (Å²) in [5.74, 6) is -2.55. The molecule has 6 nitrogen and oxygen atoms in total. The van der Waals surface area contributed by atoms with Crippen molar-refractivity contribution in [3.63, 3.8) is 0 Å². The van der Waals surface area contributed by atoms with E-state index in [9.17, 15) is 26.0 Å². The van der Waals surface area contributed by atoms with Gasteiger partial charge < -0.3 is 4.52 Å². The Morgan fingerprint density at radius 2 is 1.79 bits per heavy atom. The maximum Gasteiger partial charge on any atom is 0.471 e. The molecule has 0 fully saturated rings. The van der Waals surface area contributed by atoms with Gasteiger partial charge in [-0.2, -0.15) is 18.2 Å². The summed E-state index contributed by atoms with van der Waals surface area (Å²) in [6, 6.07) is 10.8. The molecule has 0 aliphatic heterocycles. The van der Waals surface area contributed by atoms with Crippen molar-refractivity contribution in [1.82, 2.24) is 10.1 Å². The van der Waals surface area contributed by atoms with Crippen LogP contribution in [-0.4, -0.2) is 18.6 Å². The molecule has 0 amide bonds. The number of alkyl halides is 3. The summed E-state index contributed by atoms with van der Waals surface area (Å²) in [5, 5.41) is 3.17. The van der Waals surface area contributed by atoms with E-state index in [0.29, 0.717) is 5.56 Å². The summed E-state index contributed by atoms with van der Waals surface area (Å²) < 4.78 is 82.1. The number of aromatic nitrogens is 2. The predicted octanol–water partition coefficient (Wildman–Crippen LogP) is 4.20. The fourth-order valence-electron chi connectivity index (χ4n) is 2.12. The second kappa shape index (κ2) is 7.43. The lowest BCUT2D eigenvalue weighted by Gasteiger charge is -2.09. The Labute approximate surface area is 156 Å². The van der Waals surface area contributed by atoms with Crippen LogP contribution in [0.3, 0.4) is 0 Å². The monoisotopic (exact) mass is 413 g/mol. The van der Waals surface area contributed by atoms with Gasteiger partial charge in [-0.05, 0) is 35.9 Å². The molecular formula is C17H11F4N3O3S. The molecular weight excluding hydrogens is 402 g/mol. The van der Waals surface area contributed by atoms with Crippen molar-refractivity contribution >= 4 is 27.9 Å². The van der Waals surface area contributed by atoms with E-state index < -0.39 is 27.9 Å². The quantitative estimate of drug-likeness (QED) is 0.634. The van der Waals surface area contributed by atoms with Gasteiger partial charge in [0.2, 0.25) is 0 Å². The average molecular weight is 413 g/mol. The van der Waals surface area contributed by atoms with E-state index in [4.69, 9.17) is 0 Å². The van der Waals surface area contributed by atoms with E-state index in [1.807, 2.05) is 0 Å². The van der Waals surface area contributed by atoms with E-state index >= 15 is 0 Å². The van der Waals surface area contributed by atoms with Gasteiger partial charge in [0.05, 0.1) is 10.6 Å². The van der Waals surface area contributed by atoms with Gasteiger partial charge in [0.1, 0.15) is 5.82 Å². The summed E-state index contributed by atoms with van der Waals surface area (Å²) in [7, 11) is -4.08. The first-order valence-electron chi connectivity index (χ1n) is 7.61. The Hall–Kier alpha value is -3.21. The molecule has 2 aromatic carbocycles. The number of benzene rings is 2. The molecule has 1 aromatic heterocycles. The van der Waals surface area contributed by atoms with Crippen LogP contribution in [0, 0.1) is 5.82 Å². The molecule has 0 saturated carbocycles. The first-order chi connectivity index (χ1) is 13.1. The number of anilines is 1. The highest BCUT2D eigenvalue weighted by Gasteiger charge is 2.38. The van der Waals surface area contributed by atoms with Gasteiger partial charge in [-0.15, -0.1) is 0 Å². The molecule has 0 radical (unpaired) electrons. The Bertz CT molecular complexity index is 1120. The SMILES string of the molecule is O=S(=O)(Nc1ccccc1F)c1cccc(C=Cc2noc(C(F)(F)F)n2)c1. The molecule has 0 aliphatic rings. The number of nitrogens with one attached hydrogen (secondary N) is 1. The maximum absolute atomic E-state index is 13.7. The number of rotatable bonds is 5. The molecule has 146 valence electrons. The van der Waals surface area contributed by atoms with Gasteiger partial charge in [-0.1, -0.05) is 35.5 Å². The first kappa shape index (κ1) is 19.5. The highest BCUT2D eigenvalue weighted by atomic mass is 32.2. The highest BCUT2D eigenvalue weighted by molar-refractivity contribution is 7.92. The number of para-hydroxylation sites is 1. The maximum atomic E-state index is 13.7. The zero-order valence-corrected chi connectivity index (χ0v) is 14.6. The van der Waals surface area contributed by atoms with Crippen molar-refractivity contribution in [3.05, 3.63) is 71.6 Å². The summed E-state index contributed by atoms with van der Waals surface area (Å²) in [6.45, 7) is 0. The van der Waals surface area contributed by atoms with Crippen LogP contribution >= 0.6 is 0 Å². The molecule has 1 N–H and O–H groups in total. The lowest BCUT2D eigenvalue weighted by molar-refractivity contribution is -0.159. The minimum Gasteiger partial charge on any atom is -0.329 e. The molecule has 11 heteroatoms. The summed E-state index contributed by atoms with van der Waals surface area (Å²) in [6.07, 6.45) is -2.31. The molecule has 1 heterocycles. The van der Waals surface area contributed by atoms with Gasteiger partial charge in [-0.25, -0.2) is 12.8 Å². The Morgan fingerprint density at radius 3 is 2.46 bits per heavy atom. The minimum atomic E-state index is -4.76. The van der Waals surface area contributed by atoms with Crippen molar-refractivity contribution in [2.45, 2.75) is 11.1 Å². The minimum absolute atomic E-state index is 0.165. The zero-order valence-electron chi connectivity index (χ0n) is 13.8. The Balaban J connectivity index is 1.82. The molecule has 3 rings (SSSR count). The number of hydrogen-bond acceptors (Lipinski definition) is 5. The Morgan fingerprint density at radius 1 is 1.04 bits per heavy atom. The van der Waals surface area contributed by atoms with Crippen LogP contribution in [0.25, 0.3) is 12.2 Å². The molecule has 0 spiro atoms. The van der Waals surface area contributed by atoms with Crippen molar-refractivity contribution in [2.75, 3.05) is 4.72 Å². The van der Waals surface area contributed by atoms with Crippen LogP contribution in [0.5, 0.6) is 0 Å². The molecule has 0 bridgehead atoms. The molecule has 0 atom stereocenters. The number of hydrogen-bond donors (Lipinski definition) is 1. The van der Waals surface area contributed by atoms with Gasteiger partial charge in [0.25, 0.3) is 10.0 Å². The van der Waals surface area contributed by atoms with E-state index in [2.05, 4.69) is 19.4 Å². The van der Waals surface area contributed by atoms with Gasteiger partial charge in [0.15, 0.2) is 5.82 Å².